The van der Waals surface area contributed by atoms with Gasteiger partial charge in [-0.2, -0.15) is 0 Å². The van der Waals surface area contributed by atoms with Gasteiger partial charge in [0.25, 0.3) is 0 Å². The molecule has 1 amide bonds. The van der Waals surface area contributed by atoms with Gasteiger partial charge in [-0.1, -0.05) is 24.6 Å². The number of carbonyl (C=O) groups is 1. The molecule has 0 aliphatic rings. The maximum Gasteiger partial charge on any atom is 0.247 e. The molecule has 152 valence electrons. The third-order valence-electron chi connectivity index (χ3n) is 4.54. The van der Waals surface area contributed by atoms with Crippen LogP contribution in [-0.2, 0) is 4.79 Å². The van der Waals surface area contributed by atoms with E-state index in [1.807, 2.05) is 30.9 Å². The smallest absolute Gasteiger partial charge is 0.247 e. The van der Waals surface area contributed by atoms with E-state index in [2.05, 4.69) is 15.5 Å². The molecule has 0 bridgehead atoms. The second-order valence-electron chi connectivity index (χ2n) is 6.47. The molecule has 0 saturated heterocycles. The highest BCUT2D eigenvalue weighted by Crippen LogP contribution is 2.25. The van der Waals surface area contributed by atoms with E-state index in [9.17, 15) is 4.79 Å². The van der Waals surface area contributed by atoms with Crippen LogP contribution in [-0.4, -0.2) is 41.2 Å². The second-order valence-corrected chi connectivity index (χ2v) is 6.91. The Labute approximate surface area is 174 Å². The summed E-state index contributed by atoms with van der Waals surface area (Å²) in [5.41, 5.74) is 1.46. The van der Waals surface area contributed by atoms with Gasteiger partial charge in [0.2, 0.25) is 17.7 Å². The molecular weight excluding hydrogens is 392 g/mol. The number of aromatic nitrogens is 2. The average molecular weight is 415 g/mol. The van der Waals surface area contributed by atoms with Gasteiger partial charge in [-0.05, 0) is 55.9 Å². The number of ether oxygens (including phenoxy) is 1. The number of likely N-dealkylation sites (N-methyl/N-ethyl adjacent to an activating group) is 1. The van der Waals surface area contributed by atoms with Crippen LogP contribution in [0.15, 0.2) is 52.9 Å². The van der Waals surface area contributed by atoms with Crippen molar-refractivity contribution in [3.8, 4) is 17.2 Å². The molecule has 8 heteroatoms. The number of hydrogen-bond donors (Lipinski definition) is 1. The number of methoxy groups -OCH3 is 1. The molecule has 0 fully saturated rings. The van der Waals surface area contributed by atoms with Crippen molar-refractivity contribution >= 4 is 23.2 Å². The van der Waals surface area contributed by atoms with Crippen molar-refractivity contribution in [1.82, 2.24) is 15.1 Å². The fourth-order valence-corrected chi connectivity index (χ4v) is 3.07. The van der Waals surface area contributed by atoms with E-state index < -0.39 is 0 Å². The Hall–Kier alpha value is -2.90. The largest absolute Gasteiger partial charge is 0.497 e. The van der Waals surface area contributed by atoms with Crippen LogP contribution >= 0.6 is 11.6 Å². The minimum Gasteiger partial charge on any atom is -0.497 e. The normalized spacial score (nSPS) is 12.0. The SMILES string of the molecule is CCN(CC(=O)Nc1ccc(OC)cc1)[C@@H](C)c1nnc(-c2cccc(Cl)c2)o1. The van der Waals surface area contributed by atoms with Gasteiger partial charge in [0.05, 0.1) is 19.7 Å². The Morgan fingerprint density at radius 3 is 2.66 bits per heavy atom. The number of amides is 1. The highest BCUT2D eigenvalue weighted by Gasteiger charge is 2.23. The van der Waals surface area contributed by atoms with Gasteiger partial charge in [-0.25, -0.2) is 0 Å². The van der Waals surface area contributed by atoms with Gasteiger partial charge >= 0.3 is 0 Å². The predicted octanol–water partition coefficient (Wildman–Crippen LogP) is 4.42. The lowest BCUT2D eigenvalue weighted by atomic mass is 10.2. The fourth-order valence-electron chi connectivity index (χ4n) is 2.88. The van der Waals surface area contributed by atoms with Gasteiger partial charge in [-0.15, -0.1) is 10.2 Å². The standard InChI is InChI=1S/C21H23ClN4O3/c1-4-26(13-19(27)23-17-8-10-18(28-3)11-9-17)14(2)20-24-25-21(29-20)15-6-5-7-16(22)12-15/h5-12,14H,4,13H2,1-3H3,(H,23,27)/t14-/m0/s1. The van der Waals surface area contributed by atoms with Gasteiger partial charge in [0, 0.05) is 16.3 Å². The maximum atomic E-state index is 12.5. The Morgan fingerprint density at radius 1 is 1.24 bits per heavy atom. The molecule has 1 N–H and O–H groups in total. The lowest BCUT2D eigenvalue weighted by molar-refractivity contribution is -0.117. The minimum atomic E-state index is -0.220. The monoisotopic (exact) mass is 414 g/mol. The number of nitrogens with one attached hydrogen (secondary N) is 1. The summed E-state index contributed by atoms with van der Waals surface area (Å²) >= 11 is 6.03. The van der Waals surface area contributed by atoms with E-state index in [-0.39, 0.29) is 18.5 Å². The van der Waals surface area contributed by atoms with Crippen LogP contribution in [0.25, 0.3) is 11.5 Å². The lowest BCUT2D eigenvalue weighted by Gasteiger charge is -2.24. The van der Waals surface area contributed by atoms with Crippen molar-refractivity contribution in [3.63, 3.8) is 0 Å². The number of halogens is 1. The first kappa shape index (κ1) is 20.8. The molecule has 29 heavy (non-hydrogen) atoms. The number of nitrogens with zero attached hydrogens (tertiary/aromatic N) is 3. The summed E-state index contributed by atoms with van der Waals surface area (Å²) in [6, 6.07) is 14.2. The van der Waals surface area contributed by atoms with E-state index in [0.29, 0.717) is 29.0 Å². The first-order chi connectivity index (χ1) is 14.0. The molecule has 3 rings (SSSR count). The van der Waals surface area contributed by atoms with E-state index in [1.54, 1.807) is 43.5 Å². The fraction of sp³-hybridized carbons (Fsp3) is 0.286. The summed E-state index contributed by atoms with van der Waals surface area (Å²) in [6.07, 6.45) is 0. The number of rotatable bonds is 8. The maximum absolute atomic E-state index is 12.5. The van der Waals surface area contributed by atoms with Crippen molar-refractivity contribution in [1.29, 1.82) is 0 Å². The van der Waals surface area contributed by atoms with E-state index in [0.717, 1.165) is 11.3 Å². The molecule has 1 heterocycles. The zero-order valence-corrected chi connectivity index (χ0v) is 17.3. The quantitative estimate of drug-likeness (QED) is 0.587. The minimum absolute atomic E-state index is 0.126. The third-order valence-corrected chi connectivity index (χ3v) is 4.78. The highest BCUT2D eigenvalue weighted by molar-refractivity contribution is 6.30. The Balaban J connectivity index is 1.65. The topological polar surface area (TPSA) is 80.5 Å². The molecule has 0 aliphatic carbocycles. The van der Waals surface area contributed by atoms with Crippen molar-refractivity contribution in [3.05, 3.63) is 59.4 Å². The summed E-state index contributed by atoms with van der Waals surface area (Å²) in [7, 11) is 1.60. The Kier molecular flexibility index (Phi) is 6.85. The summed E-state index contributed by atoms with van der Waals surface area (Å²) < 4.78 is 11.0. The highest BCUT2D eigenvalue weighted by atomic mass is 35.5. The number of hydrogen-bond acceptors (Lipinski definition) is 6. The van der Waals surface area contributed by atoms with Crippen LogP contribution in [0.4, 0.5) is 5.69 Å². The van der Waals surface area contributed by atoms with E-state index in [4.69, 9.17) is 20.8 Å². The number of carbonyl (C=O) groups excluding carboxylic acids is 1. The molecular formula is C21H23ClN4O3. The molecule has 0 radical (unpaired) electrons. The number of anilines is 1. The third kappa shape index (κ3) is 5.34. The summed E-state index contributed by atoms with van der Waals surface area (Å²) in [6.45, 7) is 4.75. The molecule has 2 aromatic carbocycles. The van der Waals surface area contributed by atoms with Crippen molar-refractivity contribution in [2.45, 2.75) is 19.9 Å². The van der Waals surface area contributed by atoms with Gasteiger partial charge in [0.1, 0.15) is 5.75 Å². The second kappa shape index (κ2) is 9.54. The van der Waals surface area contributed by atoms with Crippen LogP contribution < -0.4 is 10.1 Å². The summed E-state index contributed by atoms with van der Waals surface area (Å²) in [4.78, 5) is 14.4. The van der Waals surface area contributed by atoms with Crippen LogP contribution in [0.3, 0.4) is 0 Å². The molecule has 0 aliphatic heterocycles. The van der Waals surface area contributed by atoms with E-state index in [1.165, 1.54) is 0 Å². The zero-order chi connectivity index (χ0) is 20.8. The van der Waals surface area contributed by atoms with Gasteiger partial charge in [-0.3, -0.25) is 9.69 Å². The average Bonchev–Trinajstić information content (AvgIpc) is 3.22. The van der Waals surface area contributed by atoms with Crippen molar-refractivity contribution < 1.29 is 13.9 Å². The zero-order valence-electron chi connectivity index (χ0n) is 16.6. The predicted molar refractivity (Wildman–Crippen MR) is 112 cm³/mol. The van der Waals surface area contributed by atoms with Crippen LogP contribution in [0, 0.1) is 0 Å². The Morgan fingerprint density at radius 2 is 2.00 bits per heavy atom. The number of benzene rings is 2. The van der Waals surface area contributed by atoms with E-state index >= 15 is 0 Å². The van der Waals surface area contributed by atoms with Crippen molar-refractivity contribution in [2.75, 3.05) is 25.5 Å². The molecule has 3 aromatic rings. The first-order valence-electron chi connectivity index (χ1n) is 9.27. The van der Waals surface area contributed by atoms with Gasteiger partial charge in [0.15, 0.2) is 0 Å². The first-order valence-corrected chi connectivity index (χ1v) is 9.65. The summed E-state index contributed by atoms with van der Waals surface area (Å²) in [5.74, 6) is 1.45. The van der Waals surface area contributed by atoms with Crippen LogP contribution in [0.2, 0.25) is 5.02 Å². The summed E-state index contributed by atoms with van der Waals surface area (Å²) in [5, 5.41) is 11.8. The molecule has 1 aromatic heterocycles. The van der Waals surface area contributed by atoms with Crippen LogP contribution in [0.1, 0.15) is 25.8 Å². The molecule has 0 saturated carbocycles. The van der Waals surface area contributed by atoms with Crippen LogP contribution in [0.5, 0.6) is 5.75 Å². The van der Waals surface area contributed by atoms with Gasteiger partial charge < -0.3 is 14.5 Å². The van der Waals surface area contributed by atoms with Crippen molar-refractivity contribution in [2.24, 2.45) is 0 Å². The Bertz CT molecular complexity index is 959. The lowest BCUT2D eigenvalue weighted by Crippen LogP contribution is -2.35. The molecule has 0 unspecified atom stereocenters. The molecule has 0 spiro atoms. The molecule has 7 nitrogen and oxygen atoms in total. The molecule has 1 atom stereocenters.